The number of ether oxygens (including phenoxy) is 1. The molecule has 24 heavy (non-hydrogen) atoms. The maximum absolute atomic E-state index is 5.09. The van der Waals surface area contributed by atoms with Crippen LogP contribution in [0.2, 0.25) is 0 Å². The number of rotatable bonds is 11. The topological polar surface area (TPSA) is 9.23 Å². The van der Waals surface area contributed by atoms with E-state index in [4.69, 9.17) is 4.74 Å². The van der Waals surface area contributed by atoms with Crippen molar-refractivity contribution in [3.8, 4) is 0 Å². The van der Waals surface area contributed by atoms with Gasteiger partial charge in [0.05, 0.1) is 0 Å². The van der Waals surface area contributed by atoms with E-state index in [9.17, 15) is 0 Å². The zero-order chi connectivity index (χ0) is 17.2. The highest BCUT2D eigenvalue weighted by Gasteiger charge is 2.05. The molecule has 0 aromatic heterocycles. The lowest BCUT2D eigenvalue weighted by Gasteiger charge is -2.11. The predicted octanol–water partition coefficient (Wildman–Crippen LogP) is 6.77. The number of hydrogen-bond acceptors (Lipinski definition) is 1. The molecule has 0 heterocycles. The predicted molar refractivity (Wildman–Crippen MR) is 106 cm³/mol. The maximum Gasteiger partial charge on any atom is 0.0462 e. The molecule has 0 bridgehead atoms. The lowest BCUT2D eigenvalue weighted by molar-refractivity contribution is 0.192. The van der Waals surface area contributed by atoms with Crippen molar-refractivity contribution in [3.05, 3.63) is 47.0 Å². The quantitative estimate of drug-likeness (QED) is 0.414. The molecular weight excluding hydrogens is 292 g/mol. The molecule has 1 heteroatoms. The number of benzene rings is 2. The second kappa shape index (κ2) is 10.5. The van der Waals surface area contributed by atoms with Gasteiger partial charge in [-0.1, -0.05) is 74.4 Å². The van der Waals surface area contributed by atoms with Gasteiger partial charge in [0.1, 0.15) is 0 Å². The molecule has 2 aromatic carbocycles. The Balaban J connectivity index is 1.71. The Morgan fingerprint density at radius 2 is 1.42 bits per heavy atom. The highest BCUT2D eigenvalue weighted by atomic mass is 16.5. The molecule has 0 saturated carbocycles. The first-order chi connectivity index (χ1) is 11.7. The number of unbranched alkanes of at least 4 members (excludes halogenated alkanes) is 7. The summed E-state index contributed by atoms with van der Waals surface area (Å²) in [5.74, 6) is 0. The van der Waals surface area contributed by atoms with Crippen molar-refractivity contribution in [1.82, 2.24) is 0 Å². The van der Waals surface area contributed by atoms with Gasteiger partial charge in [-0.25, -0.2) is 0 Å². The summed E-state index contributed by atoms with van der Waals surface area (Å²) in [6, 6.07) is 11.4. The van der Waals surface area contributed by atoms with Gasteiger partial charge in [-0.05, 0) is 55.0 Å². The summed E-state index contributed by atoms with van der Waals surface area (Å²) in [6.45, 7) is 5.35. The van der Waals surface area contributed by atoms with Crippen LogP contribution in [0.3, 0.4) is 0 Å². The molecule has 2 aromatic rings. The van der Waals surface area contributed by atoms with Gasteiger partial charge in [0.2, 0.25) is 0 Å². The molecule has 132 valence electrons. The minimum Gasteiger partial charge on any atom is -0.385 e. The highest BCUT2D eigenvalue weighted by molar-refractivity contribution is 5.87. The summed E-state index contributed by atoms with van der Waals surface area (Å²) in [5.41, 5.74) is 4.36. The van der Waals surface area contributed by atoms with Gasteiger partial charge in [-0.2, -0.15) is 0 Å². The second-order valence-electron chi connectivity index (χ2n) is 7.16. The summed E-state index contributed by atoms with van der Waals surface area (Å²) >= 11 is 0. The van der Waals surface area contributed by atoms with Crippen LogP contribution in [0.15, 0.2) is 30.3 Å². The molecule has 0 fully saturated rings. The summed E-state index contributed by atoms with van der Waals surface area (Å²) in [4.78, 5) is 0. The van der Waals surface area contributed by atoms with Crippen LogP contribution in [0.4, 0.5) is 0 Å². The van der Waals surface area contributed by atoms with E-state index in [1.165, 1.54) is 79.7 Å². The van der Waals surface area contributed by atoms with E-state index in [0.29, 0.717) is 0 Å². The fraction of sp³-hybridized carbons (Fsp3) is 0.565. The van der Waals surface area contributed by atoms with Crippen molar-refractivity contribution in [2.45, 2.75) is 71.6 Å². The van der Waals surface area contributed by atoms with Gasteiger partial charge in [0, 0.05) is 13.7 Å². The Kier molecular flexibility index (Phi) is 8.32. The zero-order valence-electron chi connectivity index (χ0n) is 15.9. The van der Waals surface area contributed by atoms with E-state index in [2.05, 4.69) is 44.2 Å². The van der Waals surface area contributed by atoms with Gasteiger partial charge in [0.15, 0.2) is 0 Å². The minimum atomic E-state index is 0.921. The van der Waals surface area contributed by atoms with Crippen molar-refractivity contribution < 1.29 is 4.74 Å². The first kappa shape index (κ1) is 19.0. The van der Waals surface area contributed by atoms with Gasteiger partial charge < -0.3 is 4.74 Å². The molecule has 0 spiro atoms. The third kappa shape index (κ3) is 5.94. The number of aryl methyl sites for hydroxylation is 3. The largest absolute Gasteiger partial charge is 0.385 e. The van der Waals surface area contributed by atoms with Crippen LogP contribution in [0.1, 0.15) is 68.1 Å². The normalized spacial score (nSPS) is 11.3. The van der Waals surface area contributed by atoms with Crippen molar-refractivity contribution in [3.63, 3.8) is 0 Å². The standard InChI is InChI=1S/C23H34O/c1-19-13-16-23-21(18-19)15-14-20(2)22(23)12-10-8-6-4-5-7-9-11-17-24-3/h13-16,18H,4-12,17H2,1-3H3. The van der Waals surface area contributed by atoms with E-state index in [1.807, 2.05) is 0 Å². The summed E-state index contributed by atoms with van der Waals surface area (Å²) < 4.78 is 5.09. The Labute approximate surface area is 148 Å². The number of methoxy groups -OCH3 is 1. The fourth-order valence-corrected chi connectivity index (χ4v) is 3.56. The molecule has 0 aliphatic heterocycles. The second-order valence-corrected chi connectivity index (χ2v) is 7.16. The molecule has 0 radical (unpaired) electrons. The summed E-state index contributed by atoms with van der Waals surface area (Å²) in [6.07, 6.45) is 12.0. The fourth-order valence-electron chi connectivity index (χ4n) is 3.56. The number of hydrogen-bond donors (Lipinski definition) is 0. The molecule has 0 unspecified atom stereocenters. The van der Waals surface area contributed by atoms with Crippen molar-refractivity contribution in [2.24, 2.45) is 0 Å². The monoisotopic (exact) mass is 326 g/mol. The van der Waals surface area contributed by atoms with E-state index in [-0.39, 0.29) is 0 Å². The molecule has 0 amide bonds. The lowest BCUT2D eigenvalue weighted by atomic mass is 9.94. The van der Waals surface area contributed by atoms with E-state index in [0.717, 1.165) is 6.61 Å². The van der Waals surface area contributed by atoms with Gasteiger partial charge >= 0.3 is 0 Å². The molecule has 1 nitrogen and oxygen atoms in total. The Hall–Kier alpha value is -1.34. The van der Waals surface area contributed by atoms with Gasteiger partial charge in [-0.15, -0.1) is 0 Å². The van der Waals surface area contributed by atoms with Crippen LogP contribution in [-0.4, -0.2) is 13.7 Å². The average molecular weight is 327 g/mol. The molecule has 0 aliphatic carbocycles. The van der Waals surface area contributed by atoms with Crippen LogP contribution in [0, 0.1) is 13.8 Å². The van der Waals surface area contributed by atoms with E-state index in [1.54, 1.807) is 12.7 Å². The molecule has 0 saturated heterocycles. The Morgan fingerprint density at radius 1 is 0.750 bits per heavy atom. The van der Waals surface area contributed by atoms with Crippen molar-refractivity contribution in [2.75, 3.05) is 13.7 Å². The molecule has 2 rings (SSSR count). The van der Waals surface area contributed by atoms with E-state index >= 15 is 0 Å². The van der Waals surface area contributed by atoms with Crippen LogP contribution >= 0.6 is 0 Å². The van der Waals surface area contributed by atoms with Gasteiger partial charge in [0.25, 0.3) is 0 Å². The number of fused-ring (bicyclic) bond motifs is 1. The zero-order valence-corrected chi connectivity index (χ0v) is 15.9. The minimum absolute atomic E-state index is 0.921. The summed E-state index contributed by atoms with van der Waals surface area (Å²) in [5, 5.41) is 2.85. The molecule has 0 aliphatic rings. The Morgan fingerprint density at radius 3 is 2.12 bits per heavy atom. The van der Waals surface area contributed by atoms with Crippen molar-refractivity contribution >= 4 is 10.8 Å². The van der Waals surface area contributed by atoms with Crippen LogP contribution in [0.25, 0.3) is 10.8 Å². The van der Waals surface area contributed by atoms with E-state index < -0.39 is 0 Å². The smallest absolute Gasteiger partial charge is 0.0462 e. The average Bonchev–Trinajstić information content (AvgIpc) is 2.58. The maximum atomic E-state index is 5.09. The van der Waals surface area contributed by atoms with Crippen LogP contribution in [-0.2, 0) is 11.2 Å². The summed E-state index contributed by atoms with van der Waals surface area (Å²) in [7, 11) is 1.79. The first-order valence-corrected chi connectivity index (χ1v) is 9.70. The third-order valence-electron chi connectivity index (χ3n) is 5.05. The first-order valence-electron chi connectivity index (χ1n) is 9.70. The highest BCUT2D eigenvalue weighted by Crippen LogP contribution is 2.25. The third-order valence-corrected chi connectivity index (χ3v) is 5.05. The SMILES string of the molecule is COCCCCCCCCCCc1c(C)ccc2cc(C)ccc12. The molecule has 0 atom stereocenters. The van der Waals surface area contributed by atoms with Gasteiger partial charge in [-0.3, -0.25) is 0 Å². The lowest BCUT2D eigenvalue weighted by Crippen LogP contribution is -1.93. The van der Waals surface area contributed by atoms with Crippen molar-refractivity contribution in [1.29, 1.82) is 0 Å². The van der Waals surface area contributed by atoms with Crippen LogP contribution < -0.4 is 0 Å². The van der Waals surface area contributed by atoms with Crippen LogP contribution in [0.5, 0.6) is 0 Å². The molecular formula is C23H34O. The Bertz CT molecular complexity index is 615. The molecule has 0 N–H and O–H groups in total.